The largest absolute Gasteiger partial charge is 0.208 e. The predicted octanol–water partition coefficient (Wildman–Crippen LogP) is 15.0. The summed E-state index contributed by atoms with van der Waals surface area (Å²) in [4.78, 5) is 15.8. The lowest BCUT2D eigenvalue weighted by molar-refractivity contribution is -0.0397. The van der Waals surface area contributed by atoms with Crippen LogP contribution in [-0.4, -0.2) is 15.0 Å². The van der Waals surface area contributed by atoms with Crippen molar-refractivity contribution in [1.82, 2.24) is 15.0 Å². The van der Waals surface area contributed by atoms with Crippen LogP contribution in [0.5, 0.6) is 0 Å². The number of fused-ring (bicyclic) bond motifs is 9. The molecule has 0 aliphatic heterocycles. The van der Waals surface area contributed by atoms with Gasteiger partial charge in [-0.2, -0.15) is 0 Å². The van der Waals surface area contributed by atoms with Gasteiger partial charge in [0, 0.05) is 62.4 Å². The van der Waals surface area contributed by atoms with E-state index in [1.54, 1.807) is 5.56 Å². The number of hydrogen-bond acceptors (Lipinski definition) is 5. The molecule has 3 nitrogen and oxygen atoms in total. The number of nitrogens with zero attached hydrogens (tertiary/aromatic N) is 3. The van der Waals surface area contributed by atoms with E-state index < -0.39 is 0 Å². The van der Waals surface area contributed by atoms with Crippen LogP contribution in [0.1, 0.15) is 43.2 Å². The van der Waals surface area contributed by atoms with Crippen LogP contribution in [0.25, 0.3) is 96.8 Å². The third kappa shape index (κ3) is 4.68. The summed E-state index contributed by atoms with van der Waals surface area (Å²) >= 11 is 3.79. The Morgan fingerprint density at radius 3 is 1.70 bits per heavy atom. The fourth-order valence-electron chi connectivity index (χ4n) is 12.8. The highest BCUT2D eigenvalue weighted by Gasteiger charge is 2.62. The third-order valence-corrected chi connectivity index (χ3v) is 17.3. The van der Waals surface area contributed by atoms with Crippen molar-refractivity contribution in [2.75, 3.05) is 0 Å². The Bertz CT molecular complexity index is 3380. The third-order valence-electron chi connectivity index (χ3n) is 14.9. The van der Waals surface area contributed by atoms with Gasteiger partial charge >= 0.3 is 0 Å². The molecule has 0 unspecified atom stereocenters. The molecule has 1 spiro atoms. The average molecular weight is 806 g/mol. The van der Waals surface area contributed by atoms with Gasteiger partial charge in [-0.3, -0.25) is 0 Å². The summed E-state index contributed by atoms with van der Waals surface area (Å²) < 4.78 is 5.31. The Labute approximate surface area is 356 Å². The van der Waals surface area contributed by atoms with E-state index in [2.05, 4.69) is 152 Å². The molecule has 0 N–H and O–H groups in total. The Hall–Kier alpha value is -6.01. The molecule has 5 heteroatoms. The molecule has 10 aromatic rings. The van der Waals surface area contributed by atoms with Gasteiger partial charge in [-0.1, -0.05) is 127 Å². The molecule has 4 bridgehead atoms. The smallest absolute Gasteiger partial charge is 0.164 e. The fraction of sp³-hybridized carbons (Fsp3) is 0.182. The minimum atomic E-state index is -0.0477. The molecule has 0 amide bonds. The standard InChI is InChI=1S/C55H39N3S2/c1-2-10-33(11-3-1)52-56-53(58-54(57-52)35-21-23-41-39-12-4-6-18-47(39)59-49(41)30-35)34-20-22-38-42-14-8-15-43(45-17-9-16-44-40-13-5-7-19-48(40)60-51(44)45)50(42)55(46(38)29-34)36-25-31-24-32(27-36)28-37(55)26-31/h1-23,29-32,36-37H,24-28H2. The van der Waals surface area contributed by atoms with Crippen LogP contribution in [0.2, 0.25) is 0 Å². The molecule has 4 saturated carbocycles. The fourth-order valence-corrected chi connectivity index (χ4v) is 15.2. The molecule has 15 rings (SSSR count). The van der Waals surface area contributed by atoms with Crippen molar-refractivity contribution in [3.05, 3.63) is 163 Å². The van der Waals surface area contributed by atoms with Crippen LogP contribution < -0.4 is 0 Å². The van der Waals surface area contributed by atoms with E-state index in [9.17, 15) is 0 Å². The molecule has 4 fully saturated rings. The van der Waals surface area contributed by atoms with Crippen molar-refractivity contribution < 1.29 is 0 Å². The molecular weight excluding hydrogens is 767 g/mol. The van der Waals surface area contributed by atoms with Crippen molar-refractivity contribution in [3.8, 4) is 56.4 Å². The van der Waals surface area contributed by atoms with Crippen molar-refractivity contribution in [2.24, 2.45) is 23.7 Å². The Balaban J connectivity index is 0.983. The van der Waals surface area contributed by atoms with Gasteiger partial charge in [0.1, 0.15) is 0 Å². The molecule has 286 valence electrons. The van der Waals surface area contributed by atoms with Crippen LogP contribution in [0.4, 0.5) is 0 Å². The first-order valence-corrected chi connectivity index (χ1v) is 23.2. The second-order valence-electron chi connectivity index (χ2n) is 17.9. The first-order valence-electron chi connectivity index (χ1n) is 21.6. The SMILES string of the molecule is c1ccc(-c2nc(-c3ccc4c(c3)C3(c5c-4cccc5-c4cccc5c4sc4ccccc45)C4CC5CC(C4)CC3C5)nc(-c3ccc4c(c3)sc3ccccc34)n2)cc1. The van der Waals surface area contributed by atoms with Crippen LogP contribution in [-0.2, 0) is 5.41 Å². The first-order chi connectivity index (χ1) is 29.7. The second kappa shape index (κ2) is 12.5. The van der Waals surface area contributed by atoms with E-state index in [0.29, 0.717) is 23.5 Å². The van der Waals surface area contributed by atoms with Crippen LogP contribution >= 0.6 is 22.7 Å². The van der Waals surface area contributed by atoms with Crippen molar-refractivity contribution >= 4 is 63.0 Å². The minimum absolute atomic E-state index is 0.0477. The van der Waals surface area contributed by atoms with Gasteiger partial charge in [0.05, 0.1) is 0 Å². The van der Waals surface area contributed by atoms with E-state index in [-0.39, 0.29) is 5.41 Å². The van der Waals surface area contributed by atoms with Crippen molar-refractivity contribution in [1.29, 1.82) is 0 Å². The van der Waals surface area contributed by atoms with Gasteiger partial charge in [0.25, 0.3) is 0 Å². The molecule has 5 aliphatic rings. The molecule has 3 aromatic heterocycles. The molecule has 5 aliphatic carbocycles. The lowest BCUT2D eigenvalue weighted by Gasteiger charge is -2.61. The van der Waals surface area contributed by atoms with Crippen molar-refractivity contribution in [3.63, 3.8) is 0 Å². The Kier molecular flexibility index (Phi) is 7.04. The summed E-state index contributed by atoms with van der Waals surface area (Å²) in [6.45, 7) is 0. The van der Waals surface area contributed by atoms with E-state index in [4.69, 9.17) is 15.0 Å². The summed E-state index contributed by atoms with van der Waals surface area (Å²) in [5.74, 6) is 5.10. The zero-order valence-electron chi connectivity index (χ0n) is 32.9. The summed E-state index contributed by atoms with van der Waals surface area (Å²) in [5.41, 5.74) is 11.8. The average Bonchev–Trinajstić information content (AvgIpc) is 3.96. The maximum Gasteiger partial charge on any atom is 0.164 e. The monoisotopic (exact) mass is 805 g/mol. The summed E-state index contributed by atoms with van der Waals surface area (Å²) in [6.07, 6.45) is 6.73. The van der Waals surface area contributed by atoms with Crippen LogP contribution in [0.3, 0.4) is 0 Å². The number of thiophene rings is 2. The van der Waals surface area contributed by atoms with Gasteiger partial charge in [0.2, 0.25) is 0 Å². The van der Waals surface area contributed by atoms with E-state index >= 15 is 0 Å². The van der Waals surface area contributed by atoms with E-state index in [1.165, 1.54) is 100 Å². The second-order valence-corrected chi connectivity index (χ2v) is 20.1. The van der Waals surface area contributed by atoms with E-state index in [1.807, 2.05) is 22.7 Å². The maximum absolute atomic E-state index is 5.36. The summed E-state index contributed by atoms with van der Waals surface area (Å²) in [7, 11) is 0. The van der Waals surface area contributed by atoms with Crippen molar-refractivity contribution in [2.45, 2.75) is 37.5 Å². The molecule has 60 heavy (non-hydrogen) atoms. The highest BCUT2D eigenvalue weighted by molar-refractivity contribution is 7.26. The number of rotatable bonds is 4. The normalized spacial score (nSPS) is 22.4. The molecule has 7 aromatic carbocycles. The quantitative estimate of drug-likeness (QED) is 0.178. The zero-order chi connectivity index (χ0) is 39.1. The molecule has 0 saturated heterocycles. The van der Waals surface area contributed by atoms with Crippen LogP contribution in [0.15, 0.2) is 152 Å². The predicted molar refractivity (Wildman–Crippen MR) is 251 cm³/mol. The van der Waals surface area contributed by atoms with Gasteiger partial charge in [-0.05, 0) is 113 Å². The Morgan fingerprint density at radius 2 is 0.950 bits per heavy atom. The minimum Gasteiger partial charge on any atom is -0.208 e. The summed E-state index contributed by atoms with van der Waals surface area (Å²) in [6, 6.07) is 56.2. The number of aromatic nitrogens is 3. The molecular formula is C55H39N3S2. The highest BCUT2D eigenvalue weighted by Crippen LogP contribution is 2.71. The molecule has 3 heterocycles. The van der Waals surface area contributed by atoms with Gasteiger partial charge in [-0.25, -0.2) is 15.0 Å². The van der Waals surface area contributed by atoms with Crippen LogP contribution in [0, 0.1) is 23.7 Å². The van der Waals surface area contributed by atoms with Gasteiger partial charge in [-0.15, -0.1) is 22.7 Å². The lowest BCUT2D eigenvalue weighted by Crippen LogP contribution is -2.55. The molecule has 0 radical (unpaired) electrons. The number of hydrogen-bond donors (Lipinski definition) is 0. The summed E-state index contributed by atoms with van der Waals surface area (Å²) in [5, 5.41) is 5.31. The van der Waals surface area contributed by atoms with Gasteiger partial charge in [0.15, 0.2) is 17.5 Å². The first kappa shape index (κ1) is 33.8. The lowest BCUT2D eigenvalue weighted by atomic mass is 9.42. The van der Waals surface area contributed by atoms with Gasteiger partial charge < -0.3 is 0 Å². The molecule has 0 atom stereocenters. The number of benzene rings is 7. The maximum atomic E-state index is 5.36. The van der Waals surface area contributed by atoms with E-state index in [0.717, 1.165) is 34.4 Å². The topological polar surface area (TPSA) is 38.7 Å². The highest BCUT2D eigenvalue weighted by atomic mass is 32.1. The Morgan fingerprint density at radius 1 is 0.400 bits per heavy atom. The zero-order valence-corrected chi connectivity index (χ0v) is 34.6.